The molecule has 0 bridgehead atoms. The van der Waals surface area contributed by atoms with Gasteiger partial charge < -0.3 is 15.5 Å². The molecule has 0 fully saturated rings. The highest BCUT2D eigenvalue weighted by Gasteiger charge is 2.09. The molecule has 1 unspecified atom stereocenters. The lowest BCUT2D eigenvalue weighted by atomic mass is 10.1. The van der Waals surface area contributed by atoms with E-state index in [-0.39, 0.29) is 11.9 Å². The van der Waals surface area contributed by atoms with Crippen LogP contribution in [-0.2, 0) is 0 Å². The predicted octanol–water partition coefficient (Wildman–Crippen LogP) is 2.58. The van der Waals surface area contributed by atoms with Gasteiger partial charge in [-0.1, -0.05) is 6.92 Å². The predicted molar refractivity (Wildman–Crippen MR) is 85.3 cm³/mol. The van der Waals surface area contributed by atoms with E-state index in [1.54, 1.807) is 0 Å². The van der Waals surface area contributed by atoms with Crippen LogP contribution in [0.15, 0.2) is 24.3 Å². The minimum Gasteiger partial charge on any atom is -0.385 e. The van der Waals surface area contributed by atoms with Crippen LogP contribution in [0, 0.1) is 0 Å². The summed E-state index contributed by atoms with van der Waals surface area (Å²) < 4.78 is 0. The number of rotatable bonds is 8. The van der Waals surface area contributed by atoms with Crippen molar-refractivity contribution in [3.8, 4) is 0 Å². The lowest BCUT2D eigenvalue weighted by Gasteiger charge is -2.16. The first-order valence-corrected chi connectivity index (χ1v) is 7.32. The van der Waals surface area contributed by atoms with Crippen LogP contribution >= 0.6 is 0 Å². The van der Waals surface area contributed by atoms with Crippen molar-refractivity contribution < 1.29 is 4.79 Å². The molecule has 20 heavy (non-hydrogen) atoms. The van der Waals surface area contributed by atoms with Gasteiger partial charge in [0, 0.05) is 23.8 Å². The molecule has 4 nitrogen and oxygen atoms in total. The minimum absolute atomic E-state index is 0.00158. The van der Waals surface area contributed by atoms with Crippen LogP contribution in [-0.4, -0.2) is 44.0 Å². The van der Waals surface area contributed by atoms with Crippen molar-refractivity contribution in [1.29, 1.82) is 0 Å². The standard InChI is InChI=1S/C16H27N3O/c1-5-11-17-15-8-6-14(7-9-15)16(20)18-13(2)10-12-19(3)4/h6-9,13,17H,5,10-12H2,1-4H3,(H,18,20). The molecule has 1 atom stereocenters. The van der Waals surface area contributed by atoms with Crippen LogP contribution in [0.25, 0.3) is 0 Å². The number of carbonyl (C=O) groups excluding carboxylic acids is 1. The Morgan fingerprint density at radius 3 is 2.45 bits per heavy atom. The van der Waals surface area contributed by atoms with Crippen LogP contribution in [0.5, 0.6) is 0 Å². The van der Waals surface area contributed by atoms with Crippen molar-refractivity contribution in [2.45, 2.75) is 32.7 Å². The average Bonchev–Trinajstić information content (AvgIpc) is 2.43. The van der Waals surface area contributed by atoms with Crippen molar-refractivity contribution >= 4 is 11.6 Å². The number of nitrogens with one attached hydrogen (secondary N) is 2. The smallest absolute Gasteiger partial charge is 0.251 e. The largest absolute Gasteiger partial charge is 0.385 e. The lowest BCUT2D eigenvalue weighted by molar-refractivity contribution is 0.0937. The molecular formula is C16H27N3O. The van der Waals surface area contributed by atoms with Crippen LogP contribution in [0.4, 0.5) is 5.69 Å². The number of benzene rings is 1. The molecule has 1 aromatic rings. The Hall–Kier alpha value is -1.55. The first-order valence-electron chi connectivity index (χ1n) is 7.32. The van der Waals surface area contributed by atoms with Gasteiger partial charge in [-0.3, -0.25) is 4.79 Å². The van der Waals surface area contributed by atoms with E-state index in [1.807, 2.05) is 45.3 Å². The van der Waals surface area contributed by atoms with Crippen LogP contribution in [0.3, 0.4) is 0 Å². The van der Waals surface area contributed by atoms with Gasteiger partial charge in [0.15, 0.2) is 0 Å². The highest BCUT2D eigenvalue weighted by molar-refractivity contribution is 5.94. The van der Waals surface area contributed by atoms with Gasteiger partial charge >= 0.3 is 0 Å². The second-order valence-corrected chi connectivity index (χ2v) is 5.47. The molecule has 112 valence electrons. The molecule has 0 spiro atoms. The number of carbonyl (C=O) groups is 1. The van der Waals surface area contributed by atoms with Gasteiger partial charge in [0.25, 0.3) is 5.91 Å². The average molecular weight is 277 g/mol. The maximum atomic E-state index is 12.1. The zero-order valence-electron chi connectivity index (χ0n) is 13.1. The van der Waals surface area contributed by atoms with Gasteiger partial charge in [0.2, 0.25) is 0 Å². The summed E-state index contributed by atoms with van der Waals surface area (Å²) in [5.74, 6) is -0.00158. The molecule has 1 rings (SSSR count). The molecule has 4 heteroatoms. The van der Waals surface area contributed by atoms with Crippen LogP contribution in [0.1, 0.15) is 37.0 Å². The van der Waals surface area contributed by atoms with Gasteiger partial charge in [0.1, 0.15) is 0 Å². The summed E-state index contributed by atoms with van der Waals surface area (Å²) in [6, 6.07) is 7.82. The Morgan fingerprint density at radius 1 is 1.25 bits per heavy atom. The summed E-state index contributed by atoms with van der Waals surface area (Å²) in [4.78, 5) is 14.2. The van der Waals surface area contributed by atoms with Crippen LogP contribution < -0.4 is 10.6 Å². The summed E-state index contributed by atoms with van der Waals surface area (Å²) in [7, 11) is 4.08. The Balaban J connectivity index is 2.46. The number of hydrogen-bond donors (Lipinski definition) is 2. The Morgan fingerprint density at radius 2 is 1.90 bits per heavy atom. The van der Waals surface area contributed by atoms with E-state index in [4.69, 9.17) is 0 Å². The van der Waals surface area contributed by atoms with Gasteiger partial charge in [-0.15, -0.1) is 0 Å². The third-order valence-corrected chi connectivity index (χ3v) is 3.11. The fraction of sp³-hybridized carbons (Fsp3) is 0.562. The molecule has 0 aromatic heterocycles. The second kappa shape index (κ2) is 8.59. The van der Waals surface area contributed by atoms with E-state index in [0.717, 1.165) is 31.6 Å². The molecule has 0 saturated carbocycles. The summed E-state index contributed by atoms with van der Waals surface area (Å²) in [5.41, 5.74) is 1.77. The number of nitrogens with zero attached hydrogens (tertiary/aromatic N) is 1. The number of hydrogen-bond acceptors (Lipinski definition) is 3. The molecule has 1 aromatic carbocycles. The highest BCUT2D eigenvalue weighted by Crippen LogP contribution is 2.10. The van der Waals surface area contributed by atoms with Gasteiger partial charge in [0.05, 0.1) is 0 Å². The summed E-state index contributed by atoms with van der Waals surface area (Å²) in [6.07, 6.45) is 2.04. The lowest BCUT2D eigenvalue weighted by Crippen LogP contribution is -2.34. The molecule has 1 amide bonds. The molecule has 0 heterocycles. The van der Waals surface area contributed by atoms with Gasteiger partial charge in [-0.05, 0) is 64.7 Å². The monoisotopic (exact) mass is 277 g/mol. The maximum Gasteiger partial charge on any atom is 0.251 e. The maximum absolute atomic E-state index is 12.1. The molecule has 0 aliphatic carbocycles. The highest BCUT2D eigenvalue weighted by atomic mass is 16.1. The van der Waals surface area contributed by atoms with Crippen molar-refractivity contribution in [1.82, 2.24) is 10.2 Å². The molecule has 0 saturated heterocycles. The number of anilines is 1. The summed E-state index contributed by atoms with van der Waals surface area (Å²) in [5, 5.41) is 6.32. The fourth-order valence-electron chi connectivity index (χ4n) is 1.84. The Kier molecular flexibility index (Phi) is 7.09. The van der Waals surface area contributed by atoms with E-state index in [0.29, 0.717) is 5.56 Å². The number of amides is 1. The fourth-order valence-corrected chi connectivity index (χ4v) is 1.84. The third-order valence-electron chi connectivity index (χ3n) is 3.11. The van der Waals surface area contributed by atoms with E-state index in [1.165, 1.54) is 0 Å². The SMILES string of the molecule is CCCNc1ccc(C(=O)NC(C)CCN(C)C)cc1. The van der Waals surface area contributed by atoms with Crippen molar-refractivity contribution in [3.05, 3.63) is 29.8 Å². The molecular weight excluding hydrogens is 250 g/mol. The summed E-state index contributed by atoms with van der Waals surface area (Å²) >= 11 is 0. The topological polar surface area (TPSA) is 44.4 Å². The first kappa shape index (κ1) is 16.5. The zero-order valence-corrected chi connectivity index (χ0v) is 13.1. The first-order chi connectivity index (χ1) is 9.52. The normalized spacial score (nSPS) is 12.2. The molecule has 2 N–H and O–H groups in total. The second-order valence-electron chi connectivity index (χ2n) is 5.47. The van der Waals surface area contributed by atoms with Crippen LogP contribution in [0.2, 0.25) is 0 Å². The molecule has 0 aliphatic rings. The Bertz CT molecular complexity index is 401. The zero-order chi connectivity index (χ0) is 15.0. The molecule has 0 aliphatic heterocycles. The quantitative estimate of drug-likeness (QED) is 0.767. The third kappa shape index (κ3) is 6.06. The van der Waals surface area contributed by atoms with E-state index in [9.17, 15) is 4.79 Å². The van der Waals surface area contributed by atoms with Gasteiger partial charge in [-0.2, -0.15) is 0 Å². The van der Waals surface area contributed by atoms with Crippen molar-refractivity contribution in [2.24, 2.45) is 0 Å². The van der Waals surface area contributed by atoms with Gasteiger partial charge in [-0.25, -0.2) is 0 Å². The van der Waals surface area contributed by atoms with E-state index < -0.39 is 0 Å². The Labute approximate surface area is 122 Å². The van der Waals surface area contributed by atoms with E-state index in [2.05, 4.69) is 22.5 Å². The molecule has 0 radical (unpaired) electrons. The van der Waals surface area contributed by atoms with E-state index >= 15 is 0 Å². The van der Waals surface area contributed by atoms with Crippen molar-refractivity contribution in [2.75, 3.05) is 32.5 Å². The van der Waals surface area contributed by atoms with Crippen molar-refractivity contribution in [3.63, 3.8) is 0 Å². The minimum atomic E-state index is -0.00158. The summed E-state index contributed by atoms with van der Waals surface area (Å²) in [6.45, 7) is 6.09.